The summed E-state index contributed by atoms with van der Waals surface area (Å²) in [4.78, 5) is 5.55. The fourth-order valence-electron chi connectivity index (χ4n) is 8.44. The zero-order valence-electron chi connectivity index (χ0n) is 25.8. The Morgan fingerprint density at radius 3 is 1.77 bits per heavy atom. The van der Waals surface area contributed by atoms with Crippen LogP contribution in [0.4, 0.5) is 0 Å². The molecule has 2 fully saturated rings. The molecule has 10 rings (SSSR count). The molecule has 3 heterocycles. The molecule has 0 radical (unpaired) electrons. The molecule has 1 saturated carbocycles. The number of aliphatic imine (C=N–C) groups is 1. The van der Waals surface area contributed by atoms with Gasteiger partial charge in [0.15, 0.2) is 0 Å². The molecule has 2 bridgehead atoms. The largest absolute Gasteiger partial charge is 0.476 e. The van der Waals surface area contributed by atoms with Crippen LogP contribution in [0, 0.1) is 5.92 Å². The van der Waals surface area contributed by atoms with Crippen molar-refractivity contribution in [2.24, 2.45) is 10.9 Å². The Hall–Kier alpha value is -4.83. The Bertz CT molecular complexity index is 2250. The normalized spacial score (nSPS) is 21.9. The van der Waals surface area contributed by atoms with E-state index in [4.69, 9.17) is 18.1 Å². The van der Waals surface area contributed by atoms with E-state index in [1.54, 1.807) is 0 Å². The van der Waals surface area contributed by atoms with Crippen LogP contribution in [0.15, 0.2) is 147 Å². The molecule has 0 unspecified atom stereocenters. The van der Waals surface area contributed by atoms with Crippen molar-refractivity contribution >= 4 is 57.5 Å². The van der Waals surface area contributed by atoms with Gasteiger partial charge in [0.2, 0.25) is 5.90 Å². The zero-order chi connectivity index (χ0) is 31.0. The molecule has 7 aromatic rings. The fourth-order valence-corrected chi connectivity index (χ4v) is 10.3. The second-order valence-corrected chi connectivity index (χ2v) is 14.4. The molecule has 6 heteroatoms. The Morgan fingerprint density at radius 2 is 1.17 bits per heavy atom. The molecule has 1 aliphatic carbocycles. The zero-order valence-corrected chi connectivity index (χ0v) is 26.7. The van der Waals surface area contributed by atoms with Crippen molar-refractivity contribution < 1.29 is 13.1 Å². The summed E-state index contributed by atoms with van der Waals surface area (Å²) in [5.74, 6) is 1.24. The van der Waals surface area contributed by atoms with Crippen LogP contribution in [0.1, 0.15) is 30.4 Å². The highest BCUT2D eigenvalue weighted by Crippen LogP contribution is 2.53. The third kappa shape index (κ3) is 4.16. The first-order valence-corrected chi connectivity index (χ1v) is 17.7. The molecule has 230 valence electrons. The maximum absolute atomic E-state index is 7.10. The van der Waals surface area contributed by atoms with Gasteiger partial charge in [-0.3, -0.25) is 0 Å². The van der Waals surface area contributed by atoms with Gasteiger partial charge in [-0.1, -0.05) is 121 Å². The van der Waals surface area contributed by atoms with E-state index in [2.05, 4.69) is 138 Å². The smallest absolute Gasteiger partial charge is 0.310 e. The Balaban J connectivity index is 1.21. The van der Waals surface area contributed by atoms with Gasteiger partial charge in [-0.25, -0.2) is 4.99 Å². The van der Waals surface area contributed by atoms with Gasteiger partial charge >= 0.3 is 8.16 Å². The van der Waals surface area contributed by atoms with Crippen molar-refractivity contribution in [3.05, 3.63) is 145 Å². The highest BCUT2D eigenvalue weighted by Gasteiger charge is 2.54. The number of nitrogens with zero attached hydrogens (tertiary/aromatic N) is 2. The quantitative estimate of drug-likeness (QED) is 0.194. The molecule has 1 saturated heterocycles. The molecule has 47 heavy (non-hydrogen) atoms. The highest BCUT2D eigenvalue weighted by atomic mass is 31.1. The second-order valence-electron chi connectivity index (χ2n) is 13.1. The van der Waals surface area contributed by atoms with Crippen LogP contribution in [0.3, 0.4) is 0 Å². The number of benzene rings is 6. The van der Waals surface area contributed by atoms with Gasteiger partial charge in [0.25, 0.3) is 0 Å². The van der Waals surface area contributed by atoms with Crippen LogP contribution >= 0.6 is 8.16 Å². The summed E-state index contributed by atoms with van der Waals surface area (Å²) in [6.07, 6.45) is 3.37. The number of fused-ring (bicyclic) bond motifs is 9. The number of rotatable bonds is 4. The summed E-state index contributed by atoms with van der Waals surface area (Å²) < 4.78 is 23.4. The van der Waals surface area contributed by atoms with E-state index >= 15 is 0 Å². The topological polar surface area (TPSA) is 51.1 Å². The van der Waals surface area contributed by atoms with Crippen LogP contribution in [-0.2, 0) is 10.3 Å². The average molecular weight is 633 g/mol. The van der Waals surface area contributed by atoms with Gasteiger partial charge < -0.3 is 13.1 Å². The van der Waals surface area contributed by atoms with Crippen molar-refractivity contribution in [3.8, 4) is 0 Å². The van der Waals surface area contributed by atoms with Crippen LogP contribution in [0.25, 0.3) is 43.5 Å². The van der Waals surface area contributed by atoms with Gasteiger partial charge in [0.05, 0.1) is 0 Å². The monoisotopic (exact) mass is 632 g/mol. The van der Waals surface area contributed by atoms with Gasteiger partial charge in [0.1, 0.15) is 29.4 Å². The van der Waals surface area contributed by atoms with Crippen molar-refractivity contribution in [2.45, 2.75) is 36.9 Å². The van der Waals surface area contributed by atoms with Crippen molar-refractivity contribution in [1.29, 1.82) is 0 Å². The third-order valence-electron chi connectivity index (χ3n) is 10.6. The predicted octanol–water partition coefficient (Wildman–Crippen LogP) is 10.5. The molecule has 0 N–H and O–H groups in total. The fraction of sp³-hybridized carbons (Fsp3) is 0.195. The minimum Gasteiger partial charge on any atom is -0.476 e. The minimum atomic E-state index is -1.52. The first-order chi connectivity index (χ1) is 23.3. The molecular weight excluding hydrogens is 599 g/mol. The van der Waals surface area contributed by atoms with E-state index in [-0.39, 0.29) is 6.04 Å². The number of hydrogen-bond donors (Lipinski definition) is 0. The maximum atomic E-state index is 7.10. The van der Waals surface area contributed by atoms with E-state index in [1.165, 1.54) is 21.5 Å². The van der Waals surface area contributed by atoms with E-state index in [0.717, 1.165) is 58.2 Å². The molecule has 3 aliphatic rings. The van der Waals surface area contributed by atoms with Crippen LogP contribution in [0.5, 0.6) is 0 Å². The standard InChI is InChI=1S/C41H33N2O3P/c1-3-13-30(14-4-1)41(31-15-5-2-6-16-31)26-44-40(42-41)39-29-19-22-32(25-29)43(39)47-45-35-23-20-27-11-7-9-17-33(27)37(35)38-34-18-10-8-12-28(34)21-24-36(38)46-47/h1-18,20-21,23-24,29,32,39H,19,22,25-26H2/t29-,32+,39-/m1/s1. The van der Waals surface area contributed by atoms with Crippen LogP contribution in [0.2, 0.25) is 0 Å². The van der Waals surface area contributed by atoms with Crippen LogP contribution in [-0.4, -0.2) is 24.6 Å². The lowest BCUT2D eigenvalue weighted by Gasteiger charge is -2.31. The Kier molecular flexibility index (Phi) is 6.16. The summed E-state index contributed by atoms with van der Waals surface area (Å²) in [7, 11) is -1.52. The molecule has 0 amide bonds. The lowest BCUT2D eigenvalue weighted by molar-refractivity contribution is 0.267. The summed E-state index contributed by atoms with van der Waals surface area (Å²) in [5, 5.41) is 6.91. The molecule has 3 atom stereocenters. The first kappa shape index (κ1) is 27.3. The molecule has 1 aromatic heterocycles. The Morgan fingerprint density at radius 1 is 0.617 bits per heavy atom. The number of hydrogen-bond acceptors (Lipinski definition) is 5. The summed E-state index contributed by atoms with van der Waals surface area (Å²) in [6.45, 7) is 0.474. The summed E-state index contributed by atoms with van der Waals surface area (Å²) in [6, 6.07) is 47.3. The molecule has 6 aromatic carbocycles. The van der Waals surface area contributed by atoms with Gasteiger partial charge in [0, 0.05) is 16.8 Å². The molecule has 5 nitrogen and oxygen atoms in total. The SMILES string of the molecule is c1ccc(C2(c3ccccc3)COC([C@H]3[C@@H]4CC[C@@H](C4)N3p3oc4ccc5ccccc5c4c4c(ccc5ccccc54)o3)=N2)cc1. The van der Waals surface area contributed by atoms with E-state index in [9.17, 15) is 0 Å². The number of piperidine rings is 1. The lowest BCUT2D eigenvalue weighted by atomic mass is 9.84. The predicted molar refractivity (Wildman–Crippen MR) is 192 cm³/mol. The average Bonchev–Trinajstić information content (AvgIpc) is 3.86. The molecule has 0 spiro atoms. The molecular formula is C41H33N2O3P. The van der Waals surface area contributed by atoms with Gasteiger partial charge in [-0.05, 0) is 70.0 Å². The second kappa shape index (κ2) is 10.6. The minimum absolute atomic E-state index is 0.0138. The van der Waals surface area contributed by atoms with Crippen molar-refractivity contribution in [2.75, 3.05) is 11.3 Å². The van der Waals surface area contributed by atoms with E-state index in [1.807, 2.05) is 0 Å². The van der Waals surface area contributed by atoms with Crippen molar-refractivity contribution in [1.82, 2.24) is 0 Å². The van der Waals surface area contributed by atoms with Crippen molar-refractivity contribution in [3.63, 3.8) is 0 Å². The van der Waals surface area contributed by atoms with Crippen LogP contribution < -0.4 is 4.67 Å². The first-order valence-electron chi connectivity index (χ1n) is 16.6. The highest BCUT2D eigenvalue weighted by molar-refractivity contribution is 7.39. The number of ether oxygens (including phenoxy) is 1. The lowest BCUT2D eigenvalue weighted by Crippen LogP contribution is -2.44. The molecule has 2 aliphatic heterocycles. The maximum Gasteiger partial charge on any atom is 0.310 e. The third-order valence-corrected chi connectivity index (χ3v) is 12.3. The summed E-state index contributed by atoms with van der Waals surface area (Å²) in [5.41, 5.74) is 3.42. The van der Waals surface area contributed by atoms with E-state index < -0.39 is 13.7 Å². The van der Waals surface area contributed by atoms with Gasteiger partial charge in [-0.2, -0.15) is 4.67 Å². The van der Waals surface area contributed by atoms with Gasteiger partial charge in [-0.15, -0.1) is 0 Å². The van der Waals surface area contributed by atoms with E-state index in [0.29, 0.717) is 18.6 Å². The summed E-state index contributed by atoms with van der Waals surface area (Å²) >= 11 is 0. The Labute approximate surface area is 273 Å².